The predicted octanol–water partition coefficient (Wildman–Crippen LogP) is 0.934. The Kier molecular flexibility index (Phi) is 4.11. The quantitative estimate of drug-likeness (QED) is 0.812. The van der Waals surface area contributed by atoms with Crippen LogP contribution in [0.1, 0.15) is 25.3 Å². The first-order valence-electron chi connectivity index (χ1n) is 7.83. The molecule has 2 fully saturated rings. The van der Waals surface area contributed by atoms with Crippen LogP contribution in [0.5, 0.6) is 0 Å². The second kappa shape index (κ2) is 6.04. The number of pyridine rings is 1. The summed E-state index contributed by atoms with van der Waals surface area (Å²) >= 11 is 0. The van der Waals surface area contributed by atoms with Crippen molar-refractivity contribution >= 4 is 11.9 Å². The molecule has 2 N–H and O–H groups in total. The van der Waals surface area contributed by atoms with Crippen molar-refractivity contribution < 1.29 is 9.59 Å². The van der Waals surface area contributed by atoms with E-state index in [4.69, 9.17) is 0 Å². The van der Waals surface area contributed by atoms with E-state index in [0.29, 0.717) is 0 Å². The average Bonchev–Trinajstić information content (AvgIpc) is 2.80. The van der Waals surface area contributed by atoms with Crippen LogP contribution in [0.15, 0.2) is 24.5 Å². The number of hydrogen-bond donors (Lipinski definition) is 2. The summed E-state index contributed by atoms with van der Waals surface area (Å²) in [7, 11) is 0. The van der Waals surface area contributed by atoms with Crippen molar-refractivity contribution in [1.29, 1.82) is 0 Å². The molecule has 3 amide bonds. The van der Waals surface area contributed by atoms with Gasteiger partial charge in [0.1, 0.15) is 5.54 Å². The Morgan fingerprint density at radius 2 is 2.14 bits per heavy atom. The first kappa shape index (κ1) is 15.0. The van der Waals surface area contributed by atoms with Gasteiger partial charge >= 0.3 is 6.03 Å². The first-order valence-corrected chi connectivity index (χ1v) is 7.83. The van der Waals surface area contributed by atoms with Crippen molar-refractivity contribution in [2.24, 2.45) is 5.92 Å². The highest BCUT2D eigenvalue weighted by molar-refractivity contribution is 6.06. The topological polar surface area (TPSA) is 74.3 Å². The summed E-state index contributed by atoms with van der Waals surface area (Å²) in [6.07, 6.45) is 6.63. The highest BCUT2D eigenvalue weighted by Gasteiger charge is 2.48. The second-order valence-electron chi connectivity index (χ2n) is 6.36. The molecule has 3 heterocycles. The van der Waals surface area contributed by atoms with Gasteiger partial charge in [0, 0.05) is 31.4 Å². The lowest BCUT2D eigenvalue weighted by Gasteiger charge is -2.39. The third kappa shape index (κ3) is 2.97. The minimum atomic E-state index is -0.771. The molecule has 22 heavy (non-hydrogen) atoms. The summed E-state index contributed by atoms with van der Waals surface area (Å²) in [5.41, 5.74) is 0.502. The SMILES string of the molecule is CC1(C2CCCN(CCc3ccncc3)C2)NC(=O)NC1=O. The number of likely N-dealkylation sites (tertiary alicyclic amines) is 1. The molecule has 2 atom stereocenters. The monoisotopic (exact) mass is 302 g/mol. The number of hydrogen-bond acceptors (Lipinski definition) is 4. The van der Waals surface area contributed by atoms with Gasteiger partial charge < -0.3 is 10.2 Å². The molecule has 118 valence electrons. The average molecular weight is 302 g/mol. The highest BCUT2D eigenvalue weighted by atomic mass is 16.2. The fraction of sp³-hybridized carbons (Fsp3) is 0.562. The fourth-order valence-corrected chi connectivity index (χ4v) is 3.41. The lowest BCUT2D eigenvalue weighted by Crippen LogP contribution is -2.55. The van der Waals surface area contributed by atoms with Crippen LogP contribution < -0.4 is 10.6 Å². The van der Waals surface area contributed by atoms with Crippen LogP contribution >= 0.6 is 0 Å². The number of piperidine rings is 1. The molecule has 0 aromatic carbocycles. The molecule has 6 heteroatoms. The number of rotatable bonds is 4. The molecule has 2 unspecified atom stereocenters. The molecular weight excluding hydrogens is 280 g/mol. The van der Waals surface area contributed by atoms with E-state index in [0.717, 1.165) is 38.9 Å². The van der Waals surface area contributed by atoms with Crippen molar-refractivity contribution in [2.45, 2.75) is 31.7 Å². The molecule has 1 aromatic rings. The van der Waals surface area contributed by atoms with Crippen molar-refractivity contribution in [3.8, 4) is 0 Å². The molecule has 6 nitrogen and oxygen atoms in total. The molecule has 2 aliphatic heterocycles. The number of carbonyl (C=O) groups excluding carboxylic acids is 2. The summed E-state index contributed by atoms with van der Waals surface area (Å²) in [5.74, 6) is -0.0383. The lowest BCUT2D eigenvalue weighted by atomic mass is 9.80. The van der Waals surface area contributed by atoms with Gasteiger partial charge in [0.15, 0.2) is 0 Å². The van der Waals surface area contributed by atoms with Gasteiger partial charge in [0.2, 0.25) is 0 Å². The number of nitrogens with zero attached hydrogens (tertiary/aromatic N) is 2. The number of amides is 3. The van der Waals surface area contributed by atoms with E-state index in [1.54, 1.807) is 0 Å². The summed E-state index contributed by atoms with van der Waals surface area (Å²) in [6, 6.07) is 3.70. The molecule has 0 bridgehead atoms. The predicted molar refractivity (Wildman–Crippen MR) is 82.2 cm³/mol. The Hall–Kier alpha value is -1.95. The number of imide groups is 1. The minimum Gasteiger partial charge on any atom is -0.323 e. The van der Waals surface area contributed by atoms with Crippen LogP contribution in [-0.4, -0.2) is 47.0 Å². The van der Waals surface area contributed by atoms with E-state index < -0.39 is 5.54 Å². The standard InChI is InChI=1S/C16H22N4O2/c1-16(14(21)18-15(22)19-16)13-3-2-9-20(11-13)10-6-12-4-7-17-8-5-12/h4-5,7-8,13H,2-3,6,9-11H2,1H3,(H2,18,19,21,22). The maximum atomic E-state index is 12.1. The Morgan fingerprint density at radius 3 is 2.82 bits per heavy atom. The van der Waals surface area contributed by atoms with Crippen molar-refractivity contribution in [3.05, 3.63) is 30.1 Å². The Balaban J connectivity index is 1.60. The van der Waals surface area contributed by atoms with Crippen LogP contribution in [0.25, 0.3) is 0 Å². The van der Waals surface area contributed by atoms with Gasteiger partial charge in [0.25, 0.3) is 5.91 Å². The summed E-state index contributed by atoms with van der Waals surface area (Å²) < 4.78 is 0. The van der Waals surface area contributed by atoms with Crippen LogP contribution in [0.3, 0.4) is 0 Å². The van der Waals surface area contributed by atoms with E-state index in [9.17, 15) is 9.59 Å². The zero-order chi connectivity index (χ0) is 15.6. The maximum Gasteiger partial charge on any atom is 0.322 e. The molecule has 0 saturated carbocycles. The number of urea groups is 1. The largest absolute Gasteiger partial charge is 0.323 e. The van der Waals surface area contributed by atoms with Crippen molar-refractivity contribution in [1.82, 2.24) is 20.5 Å². The van der Waals surface area contributed by atoms with E-state index >= 15 is 0 Å². The summed E-state index contributed by atoms with van der Waals surface area (Å²) in [4.78, 5) is 29.9. The molecule has 0 aliphatic carbocycles. The smallest absolute Gasteiger partial charge is 0.322 e. The van der Waals surface area contributed by atoms with Gasteiger partial charge in [0.05, 0.1) is 0 Å². The zero-order valence-electron chi connectivity index (χ0n) is 12.8. The Bertz CT molecular complexity index is 563. The molecule has 3 rings (SSSR count). The van der Waals surface area contributed by atoms with Gasteiger partial charge in [-0.1, -0.05) is 0 Å². The molecule has 2 aliphatic rings. The normalized spacial score (nSPS) is 29.2. The molecule has 2 saturated heterocycles. The van der Waals surface area contributed by atoms with Crippen molar-refractivity contribution in [2.75, 3.05) is 19.6 Å². The summed E-state index contributed by atoms with van der Waals surface area (Å²) in [5, 5.41) is 5.17. The van der Waals surface area contributed by atoms with Crippen LogP contribution in [0.2, 0.25) is 0 Å². The number of aromatic nitrogens is 1. The lowest BCUT2D eigenvalue weighted by molar-refractivity contribution is -0.126. The fourth-order valence-electron chi connectivity index (χ4n) is 3.41. The first-order chi connectivity index (χ1) is 10.6. The summed E-state index contributed by atoms with van der Waals surface area (Å²) in [6.45, 7) is 4.69. The van der Waals surface area contributed by atoms with E-state index in [2.05, 4.69) is 20.5 Å². The minimum absolute atomic E-state index is 0.158. The molecule has 1 aromatic heterocycles. The van der Waals surface area contributed by atoms with Gasteiger partial charge in [-0.25, -0.2) is 4.79 Å². The van der Waals surface area contributed by atoms with Crippen LogP contribution in [0.4, 0.5) is 4.79 Å². The van der Waals surface area contributed by atoms with Gasteiger partial charge in [-0.3, -0.25) is 15.1 Å². The highest BCUT2D eigenvalue weighted by Crippen LogP contribution is 2.29. The van der Waals surface area contributed by atoms with Crippen molar-refractivity contribution in [3.63, 3.8) is 0 Å². The van der Waals surface area contributed by atoms with E-state index in [1.165, 1.54) is 5.56 Å². The van der Waals surface area contributed by atoms with E-state index in [1.807, 2.05) is 31.5 Å². The van der Waals surface area contributed by atoms with Gasteiger partial charge in [-0.05, 0) is 50.4 Å². The van der Waals surface area contributed by atoms with Crippen LogP contribution in [0, 0.1) is 5.92 Å². The molecule has 0 spiro atoms. The Morgan fingerprint density at radius 1 is 1.36 bits per heavy atom. The number of nitrogens with one attached hydrogen (secondary N) is 2. The Labute approximate surface area is 130 Å². The number of carbonyl (C=O) groups is 2. The van der Waals surface area contributed by atoms with Gasteiger partial charge in [-0.2, -0.15) is 0 Å². The zero-order valence-corrected chi connectivity index (χ0v) is 12.8. The third-order valence-corrected chi connectivity index (χ3v) is 4.86. The van der Waals surface area contributed by atoms with E-state index in [-0.39, 0.29) is 17.9 Å². The molecular formula is C16H22N4O2. The maximum absolute atomic E-state index is 12.1. The third-order valence-electron chi connectivity index (χ3n) is 4.86. The molecule has 0 radical (unpaired) electrons. The van der Waals surface area contributed by atoms with Crippen LogP contribution in [-0.2, 0) is 11.2 Å². The second-order valence-corrected chi connectivity index (χ2v) is 6.36. The van der Waals surface area contributed by atoms with Gasteiger partial charge in [-0.15, -0.1) is 0 Å².